The molecule has 1 amide bonds. The third kappa shape index (κ3) is 5.30. The number of aryl methyl sites for hydroxylation is 2. The fraction of sp³-hybridized carbons (Fsp3) is 0.278. The summed E-state index contributed by atoms with van der Waals surface area (Å²) in [6.07, 6.45) is 0. The molecule has 0 bridgehead atoms. The number of sulfonamides is 1. The number of amides is 1. The molecular formula is C18H22N2O4S. The maximum absolute atomic E-state index is 12.3. The fourth-order valence-corrected chi connectivity index (χ4v) is 3.55. The average molecular weight is 362 g/mol. The molecular weight excluding hydrogens is 340 g/mol. The third-order valence-corrected chi connectivity index (χ3v) is 5.25. The van der Waals surface area contributed by atoms with Gasteiger partial charge in [-0.2, -0.15) is 0 Å². The molecule has 0 saturated carbocycles. The van der Waals surface area contributed by atoms with Crippen LogP contribution in [0.25, 0.3) is 0 Å². The lowest BCUT2D eigenvalue weighted by Crippen LogP contribution is -2.36. The summed E-state index contributed by atoms with van der Waals surface area (Å²) in [6.45, 7) is 3.62. The highest BCUT2D eigenvalue weighted by atomic mass is 32.2. The van der Waals surface area contributed by atoms with Crippen LogP contribution in [0.15, 0.2) is 47.4 Å². The van der Waals surface area contributed by atoms with Gasteiger partial charge in [-0.05, 0) is 43.2 Å². The molecule has 2 aromatic carbocycles. The van der Waals surface area contributed by atoms with Gasteiger partial charge in [-0.25, -0.2) is 13.1 Å². The van der Waals surface area contributed by atoms with E-state index in [0.717, 1.165) is 16.9 Å². The van der Waals surface area contributed by atoms with Gasteiger partial charge in [0.25, 0.3) is 0 Å². The quantitative estimate of drug-likeness (QED) is 0.788. The van der Waals surface area contributed by atoms with Crippen molar-refractivity contribution in [2.45, 2.75) is 25.3 Å². The van der Waals surface area contributed by atoms with E-state index in [-0.39, 0.29) is 11.4 Å². The third-order valence-electron chi connectivity index (χ3n) is 3.69. The van der Waals surface area contributed by atoms with E-state index in [4.69, 9.17) is 4.74 Å². The molecule has 2 aromatic rings. The second-order valence-corrected chi connectivity index (χ2v) is 7.45. The number of rotatable bonds is 7. The van der Waals surface area contributed by atoms with Crippen LogP contribution in [0.4, 0.5) is 0 Å². The van der Waals surface area contributed by atoms with Gasteiger partial charge in [0.1, 0.15) is 5.75 Å². The lowest BCUT2D eigenvalue weighted by molar-refractivity contribution is -0.120. The molecule has 0 heterocycles. The van der Waals surface area contributed by atoms with Crippen LogP contribution in [0, 0.1) is 13.8 Å². The van der Waals surface area contributed by atoms with E-state index in [1.54, 1.807) is 44.4 Å². The predicted octanol–water partition coefficient (Wildman–Crippen LogP) is 1.91. The molecule has 0 aliphatic rings. The molecule has 6 nitrogen and oxygen atoms in total. The highest BCUT2D eigenvalue weighted by molar-refractivity contribution is 7.89. The minimum atomic E-state index is -3.72. The number of methoxy groups -OCH3 is 1. The zero-order valence-corrected chi connectivity index (χ0v) is 15.3. The minimum absolute atomic E-state index is 0.182. The normalized spacial score (nSPS) is 11.2. The molecule has 0 aliphatic heterocycles. The van der Waals surface area contributed by atoms with E-state index < -0.39 is 15.9 Å². The number of ether oxygens (including phenoxy) is 1. The van der Waals surface area contributed by atoms with Crippen LogP contribution in [0.1, 0.15) is 16.7 Å². The molecule has 0 aromatic heterocycles. The van der Waals surface area contributed by atoms with E-state index in [0.29, 0.717) is 12.1 Å². The van der Waals surface area contributed by atoms with Crippen LogP contribution in [0.2, 0.25) is 0 Å². The van der Waals surface area contributed by atoms with Gasteiger partial charge >= 0.3 is 0 Å². The molecule has 0 atom stereocenters. The predicted molar refractivity (Wildman–Crippen MR) is 95.9 cm³/mol. The first-order chi connectivity index (χ1) is 11.8. The molecule has 25 heavy (non-hydrogen) atoms. The topological polar surface area (TPSA) is 84.5 Å². The molecule has 2 N–H and O–H groups in total. The fourth-order valence-electron chi connectivity index (χ4n) is 2.35. The van der Waals surface area contributed by atoms with Crippen LogP contribution in [0.3, 0.4) is 0 Å². The Morgan fingerprint density at radius 3 is 2.36 bits per heavy atom. The lowest BCUT2D eigenvalue weighted by Gasteiger charge is -2.10. The van der Waals surface area contributed by atoms with Gasteiger partial charge in [-0.3, -0.25) is 4.79 Å². The van der Waals surface area contributed by atoms with Crippen molar-refractivity contribution in [1.29, 1.82) is 0 Å². The molecule has 2 rings (SSSR count). The van der Waals surface area contributed by atoms with Gasteiger partial charge in [-0.1, -0.05) is 29.8 Å². The summed E-state index contributed by atoms with van der Waals surface area (Å²) in [5.74, 6) is 0.334. The molecule has 0 spiro atoms. The highest BCUT2D eigenvalue weighted by Crippen LogP contribution is 2.16. The smallest absolute Gasteiger partial charge is 0.241 e. The zero-order valence-electron chi connectivity index (χ0n) is 14.5. The van der Waals surface area contributed by atoms with Crippen LogP contribution in [0.5, 0.6) is 5.75 Å². The van der Waals surface area contributed by atoms with Crippen molar-refractivity contribution < 1.29 is 17.9 Å². The average Bonchev–Trinajstić information content (AvgIpc) is 2.58. The second kappa shape index (κ2) is 8.13. The first-order valence-electron chi connectivity index (χ1n) is 7.78. The first-order valence-corrected chi connectivity index (χ1v) is 9.26. The molecule has 0 aliphatic carbocycles. The van der Waals surface area contributed by atoms with Crippen molar-refractivity contribution in [2.75, 3.05) is 13.7 Å². The molecule has 134 valence electrons. The van der Waals surface area contributed by atoms with E-state index in [1.165, 1.54) is 0 Å². The summed E-state index contributed by atoms with van der Waals surface area (Å²) in [6, 6.07) is 12.3. The maximum Gasteiger partial charge on any atom is 0.241 e. The Morgan fingerprint density at radius 1 is 1.08 bits per heavy atom. The van der Waals surface area contributed by atoms with Crippen LogP contribution >= 0.6 is 0 Å². The van der Waals surface area contributed by atoms with Crippen LogP contribution < -0.4 is 14.8 Å². The van der Waals surface area contributed by atoms with Crippen molar-refractivity contribution >= 4 is 15.9 Å². The summed E-state index contributed by atoms with van der Waals surface area (Å²) in [5, 5.41) is 2.68. The Kier molecular flexibility index (Phi) is 6.17. The lowest BCUT2D eigenvalue weighted by atomic mass is 10.2. The second-order valence-electron chi connectivity index (χ2n) is 5.72. The first kappa shape index (κ1) is 19.0. The van der Waals surface area contributed by atoms with Gasteiger partial charge < -0.3 is 10.1 Å². The monoisotopic (exact) mass is 362 g/mol. The van der Waals surface area contributed by atoms with Crippen molar-refractivity contribution in [3.63, 3.8) is 0 Å². The summed E-state index contributed by atoms with van der Waals surface area (Å²) < 4.78 is 32.0. The molecule has 7 heteroatoms. The van der Waals surface area contributed by atoms with E-state index in [9.17, 15) is 13.2 Å². The number of hydrogen-bond donors (Lipinski definition) is 2. The maximum atomic E-state index is 12.3. The Morgan fingerprint density at radius 2 is 1.76 bits per heavy atom. The van der Waals surface area contributed by atoms with Gasteiger partial charge in [0, 0.05) is 6.54 Å². The van der Waals surface area contributed by atoms with Crippen molar-refractivity contribution in [3.05, 3.63) is 59.2 Å². The van der Waals surface area contributed by atoms with E-state index in [2.05, 4.69) is 10.0 Å². The number of carbonyl (C=O) groups excluding carboxylic acids is 1. The standard InChI is InChI=1S/C18H22N2O4S/c1-13-4-9-17(14(2)10-13)25(22,23)20-12-18(21)19-11-15-5-7-16(24-3)8-6-15/h4-10,20H,11-12H2,1-3H3,(H,19,21). The van der Waals surface area contributed by atoms with E-state index in [1.807, 2.05) is 19.1 Å². The van der Waals surface area contributed by atoms with Crippen LogP contribution in [-0.2, 0) is 21.4 Å². The minimum Gasteiger partial charge on any atom is -0.497 e. The summed E-state index contributed by atoms with van der Waals surface area (Å²) >= 11 is 0. The summed E-state index contributed by atoms with van der Waals surface area (Å²) in [5.41, 5.74) is 2.52. The molecule has 0 fully saturated rings. The van der Waals surface area contributed by atoms with Gasteiger partial charge in [0.2, 0.25) is 15.9 Å². The number of hydrogen-bond acceptors (Lipinski definition) is 4. The number of nitrogens with one attached hydrogen (secondary N) is 2. The molecule has 0 saturated heterocycles. The number of benzene rings is 2. The Balaban J connectivity index is 1.90. The van der Waals surface area contributed by atoms with Crippen molar-refractivity contribution in [1.82, 2.24) is 10.0 Å². The Labute approximate surface area is 148 Å². The number of carbonyl (C=O) groups is 1. The summed E-state index contributed by atoms with van der Waals surface area (Å²) in [4.78, 5) is 12.1. The SMILES string of the molecule is COc1ccc(CNC(=O)CNS(=O)(=O)c2ccc(C)cc2C)cc1. The van der Waals surface area contributed by atoms with Gasteiger partial charge in [0.05, 0.1) is 18.6 Å². The molecule has 0 unspecified atom stereocenters. The molecule has 0 radical (unpaired) electrons. The highest BCUT2D eigenvalue weighted by Gasteiger charge is 2.17. The van der Waals surface area contributed by atoms with Crippen molar-refractivity contribution in [2.24, 2.45) is 0 Å². The summed E-state index contributed by atoms with van der Waals surface area (Å²) in [7, 11) is -2.14. The van der Waals surface area contributed by atoms with Crippen molar-refractivity contribution in [3.8, 4) is 5.75 Å². The van der Waals surface area contributed by atoms with Gasteiger partial charge in [0.15, 0.2) is 0 Å². The largest absolute Gasteiger partial charge is 0.497 e. The Hall–Kier alpha value is -2.38. The van der Waals surface area contributed by atoms with Gasteiger partial charge in [-0.15, -0.1) is 0 Å². The Bertz CT molecular complexity index is 846. The van der Waals surface area contributed by atoms with E-state index >= 15 is 0 Å². The zero-order chi connectivity index (χ0) is 18.4. The van der Waals surface area contributed by atoms with Crippen LogP contribution in [-0.4, -0.2) is 28.0 Å².